The molecular formula is C9H14N2O2S. The topological polar surface area (TPSA) is 62.2 Å². The molecule has 0 radical (unpaired) electrons. The zero-order valence-electron chi connectivity index (χ0n) is 8.50. The zero-order valence-corrected chi connectivity index (χ0v) is 9.31. The molecule has 0 aromatic carbocycles. The highest BCUT2D eigenvalue weighted by Gasteiger charge is 2.13. The normalized spacial score (nSPS) is 12.6. The highest BCUT2D eigenvalue weighted by Crippen LogP contribution is 2.16. The quantitative estimate of drug-likeness (QED) is 0.785. The van der Waals surface area contributed by atoms with E-state index in [1.807, 2.05) is 6.92 Å². The van der Waals surface area contributed by atoms with Gasteiger partial charge in [0, 0.05) is 6.54 Å². The molecule has 4 nitrogen and oxygen atoms in total. The van der Waals surface area contributed by atoms with Crippen molar-refractivity contribution in [1.82, 2.24) is 10.3 Å². The molecule has 0 aliphatic carbocycles. The number of hydrogen-bond acceptors (Lipinski definition) is 4. The van der Waals surface area contributed by atoms with E-state index in [4.69, 9.17) is 5.11 Å². The Morgan fingerprint density at radius 1 is 1.64 bits per heavy atom. The van der Waals surface area contributed by atoms with E-state index in [1.54, 1.807) is 13.8 Å². The van der Waals surface area contributed by atoms with Gasteiger partial charge in [-0.1, -0.05) is 0 Å². The Morgan fingerprint density at radius 3 is 2.71 bits per heavy atom. The highest BCUT2D eigenvalue weighted by molar-refractivity contribution is 7.13. The van der Waals surface area contributed by atoms with E-state index in [0.29, 0.717) is 4.88 Å². The van der Waals surface area contributed by atoms with Crippen LogP contribution in [-0.2, 0) is 0 Å². The van der Waals surface area contributed by atoms with Crippen LogP contribution in [0.5, 0.6) is 0 Å². The van der Waals surface area contributed by atoms with Gasteiger partial charge in [0.15, 0.2) is 0 Å². The number of aromatic nitrogens is 1. The summed E-state index contributed by atoms with van der Waals surface area (Å²) < 4.78 is 0. The fraction of sp³-hybridized carbons (Fsp3) is 0.556. The minimum Gasteiger partial charge on any atom is -0.392 e. The van der Waals surface area contributed by atoms with Gasteiger partial charge in [-0.3, -0.25) is 4.79 Å². The number of nitrogens with one attached hydrogen (secondary N) is 1. The van der Waals surface area contributed by atoms with Crippen molar-refractivity contribution in [3.63, 3.8) is 0 Å². The summed E-state index contributed by atoms with van der Waals surface area (Å²) in [6.45, 7) is 5.57. The Kier molecular flexibility index (Phi) is 3.60. The molecule has 78 valence electrons. The fourth-order valence-corrected chi connectivity index (χ4v) is 1.90. The molecule has 0 aliphatic rings. The number of rotatable bonds is 3. The van der Waals surface area contributed by atoms with Crippen LogP contribution < -0.4 is 5.32 Å². The van der Waals surface area contributed by atoms with Crippen molar-refractivity contribution in [2.24, 2.45) is 0 Å². The van der Waals surface area contributed by atoms with E-state index in [9.17, 15) is 4.79 Å². The summed E-state index contributed by atoms with van der Waals surface area (Å²) in [6.07, 6.45) is -0.520. The number of hydrogen-bond donors (Lipinski definition) is 2. The first-order chi connectivity index (χ1) is 6.50. The Hall–Kier alpha value is -0.940. The zero-order chi connectivity index (χ0) is 10.7. The van der Waals surface area contributed by atoms with Crippen LogP contribution in [0.2, 0.25) is 0 Å². The first-order valence-corrected chi connectivity index (χ1v) is 5.22. The van der Waals surface area contributed by atoms with E-state index in [2.05, 4.69) is 10.3 Å². The second kappa shape index (κ2) is 4.52. The molecule has 0 spiro atoms. The van der Waals surface area contributed by atoms with Crippen LogP contribution in [0.25, 0.3) is 0 Å². The van der Waals surface area contributed by atoms with Crippen molar-refractivity contribution < 1.29 is 9.90 Å². The van der Waals surface area contributed by atoms with Crippen molar-refractivity contribution in [2.45, 2.75) is 26.9 Å². The Bertz CT molecular complexity index is 334. The van der Waals surface area contributed by atoms with Crippen LogP contribution >= 0.6 is 11.3 Å². The lowest BCUT2D eigenvalue weighted by Gasteiger charge is -2.05. The molecule has 0 saturated heterocycles. The summed E-state index contributed by atoms with van der Waals surface area (Å²) in [4.78, 5) is 16.3. The molecule has 0 bridgehead atoms. The van der Waals surface area contributed by atoms with Gasteiger partial charge in [-0.2, -0.15) is 0 Å². The summed E-state index contributed by atoms with van der Waals surface area (Å²) in [5.74, 6) is -0.158. The minimum atomic E-state index is -0.520. The number of aliphatic hydroxyl groups is 1. The SMILES string of the molecule is Cc1nc(C)c(C(=O)NCC(C)O)s1. The van der Waals surface area contributed by atoms with Crippen molar-refractivity contribution >= 4 is 17.2 Å². The number of amides is 1. The summed E-state index contributed by atoms with van der Waals surface area (Å²) >= 11 is 1.37. The molecule has 14 heavy (non-hydrogen) atoms. The maximum Gasteiger partial charge on any atom is 0.263 e. The smallest absolute Gasteiger partial charge is 0.263 e. The van der Waals surface area contributed by atoms with Gasteiger partial charge >= 0.3 is 0 Å². The predicted molar refractivity (Wildman–Crippen MR) is 55.6 cm³/mol. The molecule has 1 unspecified atom stereocenters. The largest absolute Gasteiger partial charge is 0.392 e. The Morgan fingerprint density at radius 2 is 2.29 bits per heavy atom. The van der Waals surface area contributed by atoms with Gasteiger partial charge in [-0.25, -0.2) is 4.98 Å². The summed E-state index contributed by atoms with van der Waals surface area (Å²) in [7, 11) is 0. The first kappa shape index (κ1) is 11.1. The van der Waals surface area contributed by atoms with E-state index in [-0.39, 0.29) is 12.5 Å². The van der Waals surface area contributed by atoms with Gasteiger partial charge in [0.1, 0.15) is 4.88 Å². The summed E-state index contributed by atoms with van der Waals surface area (Å²) in [5.41, 5.74) is 0.746. The molecule has 5 heteroatoms. The maximum absolute atomic E-state index is 11.5. The highest BCUT2D eigenvalue weighted by atomic mass is 32.1. The number of carbonyl (C=O) groups excluding carboxylic acids is 1. The van der Waals surface area contributed by atoms with Crippen molar-refractivity contribution in [3.05, 3.63) is 15.6 Å². The summed E-state index contributed by atoms with van der Waals surface area (Å²) in [5, 5.41) is 12.5. The van der Waals surface area contributed by atoms with Crippen LogP contribution in [-0.4, -0.2) is 28.6 Å². The third-order valence-corrected chi connectivity index (χ3v) is 2.74. The molecule has 1 heterocycles. The first-order valence-electron chi connectivity index (χ1n) is 4.41. The maximum atomic E-state index is 11.5. The van der Waals surface area contributed by atoms with Crippen molar-refractivity contribution in [3.8, 4) is 0 Å². The molecule has 2 N–H and O–H groups in total. The van der Waals surface area contributed by atoms with Crippen LogP contribution in [0.15, 0.2) is 0 Å². The van der Waals surface area contributed by atoms with Crippen molar-refractivity contribution in [1.29, 1.82) is 0 Å². The Balaban J connectivity index is 2.65. The van der Waals surface area contributed by atoms with Crippen LogP contribution in [0.1, 0.15) is 27.3 Å². The second-order valence-electron chi connectivity index (χ2n) is 3.21. The molecule has 1 aromatic heterocycles. The lowest BCUT2D eigenvalue weighted by atomic mass is 10.3. The molecular weight excluding hydrogens is 200 g/mol. The van der Waals surface area contributed by atoms with Crippen LogP contribution in [0.4, 0.5) is 0 Å². The lowest BCUT2D eigenvalue weighted by molar-refractivity contribution is 0.0927. The van der Waals surface area contributed by atoms with Crippen LogP contribution in [0, 0.1) is 13.8 Å². The standard InChI is InChI=1S/C9H14N2O2S/c1-5(12)4-10-9(13)8-6(2)11-7(3)14-8/h5,12H,4H2,1-3H3,(H,10,13). The number of carbonyl (C=O) groups is 1. The number of thiazole rings is 1. The molecule has 0 aliphatic heterocycles. The fourth-order valence-electron chi connectivity index (χ4n) is 1.06. The van der Waals surface area contributed by atoms with Crippen LogP contribution in [0.3, 0.4) is 0 Å². The molecule has 1 amide bonds. The number of aryl methyl sites for hydroxylation is 2. The molecule has 1 rings (SSSR count). The van der Waals surface area contributed by atoms with Gasteiger partial charge < -0.3 is 10.4 Å². The van der Waals surface area contributed by atoms with Gasteiger partial charge in [-0.15, -0.1) is 11.3 Å². The second-order valence-corrected chi connectivity index (χ2v) is 4.41. The average molecular weight is 214 g/mol. The van der Waals surface area contributed by atoms with E-state index in [0.717, 1.165) is 10.7 Å². The molecule has 1 aromatic rings. The molecule has 0 saturated carbocycles. The molecule has 1 atom stereocenters. The Labute approximate surface area is 87.0 Å². The van der Waals surface area contributed by atoms with Gasteiger partial charge in [0.05, 0.1) is 16.8 Å². The molecule has 0 fully saturated rings. The monoisotopic (exact) mass is 214 g/mol. The third kappa shape index (κ3) is 2.78. The van der Waals surface area contributed by atoms with Crippen molar-refractivity contribution in [2.75, 3.05) is 6.54 Å². The minimum absolute atomic E-state index is 0.158. The van der Waals surface area contributed by atoms with Gasteiger partial charge in [0.2, 0.25) is 0 Å². The van der Waals surface area contributed by atoms with E-state index < -0.39 is 6.10 Å². The van der Waals surface area contributed by atoms with E-state index in [1.165, 1.54) is 11.3 Å². The average Bonchev–Trinajstić information content (AvgIpc) is 2.41. The van der Waals surface area contributed by atoms with E-state index >= 15 is 0 Å². The van der Waals surface area contributed by atoms with Gasteiger partial charge in [-0.05, 0) is 20.8 Å². The lowest BCUT2D eigenvalue weighted by Crippen LogP contribution is -2.30. The predicted octanol–water partition coefficient (Wildman–Crippen LogP) is 0.871. The number of aliphatic hydroxyl groups excluding tert-OH is 1. The summed E-state index contributed by atoms with van der Waals surface area (Å²) in [6, 6.07) is 0. The van der Waals surface area contributed by atoms with Gasteiger partial charge in [0.25, 0.3) is 5.91 Å². The number of nitrogens with zero attached hydrogens (tertiary/aromatic N) is 1. The third-order valence-electron chi connectivity index (χ3n) is 1.67.